The average molecular weight is 333 g/mol. The quantitative estimate of drug-likeness (QED) is 0.855. The van der Waals surface area contributed by atoms with E-state index >= 15 is 0 Å². The normalized spacial score (nSPS) is 25.0. The Bertz CT molecular complexity index is 644. The van der Waals surface area contributed by atoms with Gasteiger partial charge in [0.15, 0.2) is 5.82 Å². The van der Waals surface area contributed by atoms with Gasteiger partial charge in [-0.15, -0.1) is 0 Å². The fourth-order valence-corrected chi connectivity index (χ4v) is 3.88. The number of aromatic nitrogens is 2. The number of aryl methyl sites for hydroxylation is 1. The van der Waals surface area contributed by atoms with Crippen LogP contribution in [0, 0.1) is 11.3 Å². The predicted molar refractivity (Wildman–Crippen MR) is 83.2 cm³/mol. The highest BCUT2D eigenvalue weighted by Crippen LogP contribution is 2.59. The third-order valence-electron chi connectivity index (χ3n) is 5.81. The van der Waals surface area contributed by atoms with Gasteiger partial charge in [0.2, 0.25) is 11.8 Å². The summed E-state index contributed by atoms with van der Waals surface area (Å²) in [4.78, 5) is 29.6. The minimum Gasteiger partial charge on any atom is -0.481 e. The van der Waals surface area contributed by atoms with Crippen LogP contribution in [0.2, 0.25) is 0 Å². The highest BCUT2D eigenvalue weighted by molar-refractivity contribution is 5.77. The van der Waals surface area contributed by atoms with Gasteiger partial charge in [-0.25, -0.2) is 0 Å². The van der Waals surface area contributed by atoms with E-state index in [-0.39, 0.29) is 17.2 Å². The minimum atomic E-state index is -0.681. The standard InChI is InChI=1S/C17H23N3O4/c21-14(3-1-2-13-18-15(19-24-13)11-4-5-11)20-8-6-17(7-9-20)10-12(17)16(22)23/h11-12H,1-10H2,(H,22,23). The summed E-state index contributed by atoms with van der Waals surface area (Å²) in [6, 6.07) is 0. The Balaban J connectivity index is 1.19. The first-order valence-corrected chi connectivity index (χ1v) is 8.90. The van der Waals surface area contributed by atoms with Crippen molar-refractivity contribution in [2.45, 2.75) is 57.3 Å². The van der Waals surface area contributed by atoms with Crippen molar-refractivity contribution < 1.29 is 19.2 Å². The van der Waals surface area contributed by atoms with Crippen LogP contribution >= 0.6 is 0 Å². The van der Waals surface area contributed by atoms with Gasteiger partial charge in [0.05, 0.1) is 5.92 Å². The van der Waals surface area contributed by atoms with Crippen molar-refractivity contribution in [2.75, 3.05) is 13.1 Å². The van der Waals surface area contributed by atoms with Gasteiger partial charge in [0.25, 0.3) is 0 Å². The van der Waals surface area contributed by atoms with Crippen molar-refractivity contribution in [1.82, 2.24) is 15.0 Å². The summed E-state index contributed by atoms with van der Waals surface area (Å²) in [6.45, 7) is 1.38. The summed E-state index contributed by atoms with van der Waals surface area (Å²) in [5.41, 5.74) is -0.0222. The molecule has 1 aliphatic heterocycles. The molecule has 1 atom stereocenters. The van der Waals surface area contributed by atoms with Crippen LogP contribution in [0.1, 0.15) is 62.6 Å². The lowest BCUT2D eigenvalue weighted by atomic mass is 9.90. The van der Waals surface area contributed by atoms with E-state index < -0.39 is 5.97 Å². The second kappa shape index (κ2) is 5.86. The molecule has 1 aromatic rings. The number of amides is 1. The van der Waals surface area contributed by atoms with E-state index in [4.69, 9.17) is 9.63 Å². The lowest BCUT2D eigenvalue weighted by molar-refractivity contribution is -0.139. The number of hydrogen-bond donors (Lipinski definition) is 1. The Morgan fingerprint density at radius 2 is 2.04 bits per heavy atom. The molecular weight excluding hydrogens is 310 g/mol. The SMILES string of the molecule is O=C(O)C1CC12CCN(C(=O)CCCc1nc(C3CC3)no1)CC2. The molecule has 0 aromatic carbocycles. The van der Waals surface area contributed by atoms with Crippen LogP contribution in [0.3, 0.4) is 0 Å². The fraction of sp³-hybridized carbons (Fsp3) is 0.765. The Hall–Kier alpha value is -1.92. The zero-order valence-corrected chi connectivity index (χ0v) is 13.7. The van der Waals surface area contributed by atoms with Gasteiger partial charge in [-0.1, -0.05) is 5.16 Å². The number of carboxylic acid groups (broad SMARTS) is 1. The first-order chi connectivity index (χ1) is 11.6. The van der Waals surface area contributed by atoms with Crippen LogP contribution in [-0.2, 0) is 16.0 Å². The number of hydrogen-bond acceptors (Lipinski definition) is 5. The third kappa shape index (κ3) is 3.03. The monoisotopic (exact) mass is 333 g/mol. The Labute approximate surface area is 140 Å². The first kappa shape index (κ1) is 15.6. The lowest BCUT2D eigenvalue weighted by Gasteiger charge is -2.32. The molecule has 7 heteroatoms. The highest BCUT2D eigenvalue weighted by atomic mass is 16.5. The molecule has 3 aliphatic rings. The van der Waals surface area contributed by atoms with E-state index in [1.165, 1.54) is 0 Å². The molecule has 3 fully saturated rings. The van der Waals surface area contributed by atoms with Crippen molar-refractivity contribution in [3.05, 3.63) is 11.7 Å². The van der Waals surface area contributed by atoms with Crippen LogP contribution in [0.15, 0.2) is 4.52 Å². The summed E-state index contributed by atoms with van der Waals surface area (Å²) in [6.07, 6.45) is 6.57. The van der Waals surface area contributed by atoms with E-state index in [9.17, 15) is 9.59 Å². The Kier molecular flexibility index (Phi) is 3.81. The number of likely N-dealkylation sites (tertiary alicyclic amines) is 1. The molecule has 0 radical (unpaired) electrons. The van der Waals surface area contributed by atoms with E-state index in [1.54, 1.807) is 0 Å². The predicted octanol–water partition coefficient (Wildman–Crippen LogP) is 1.98. The molecule has 1 aromatic heterocycles. The van der Waals surface area contributed by atoms with Gasteiger partial charge in [-0.2, -0.15) is 4.98 Å². The molecule has 0 bridgehead atoms. The number of aliphatic carboxylic acids is 1. The molecule has 1 amide bonds. The van der Waals surface area contributed by atoms with Gasteiger partial charge in [-0.05, 0) is 43.9 Å². The molecule has 2 aliphatic carbocycles. The second-order valence-electron chi connectivity index (χ2n) is 7.51. The summed E-state index contributed by atoms with van der Waals surface area (Å²) >= 11 is 0. The largest absolute Gasteiger partial charge is 0.481 e. The van der Waals surface area contributed by atoms with Crippen molar-refractivity contribution in [3.8, 4) is 0 Å². The van der Waals surface area contributed by atoms with E-state index in [0.29, 0.717) is 44.2 Å². The summed E-state index contributed by atoms with van der Waals surface area (Å²) in [7, 11) is 0. The number of piperidine rings is 1. The topological polar surface area (TPSA) is 96.5 Å². The molecule has 2 heterocycles. The summed E-state index contributed by atoms with van der Waals surface area (Å²) < 4.78 is 5.22. The highest BCUT2D eigenvalue weighted by Gasteiger charge is 2.59. The van der Waals surface area contributed by atoms with Crippen molar-refractivity contribution in [3.63, 3.8) is 0 Å². The number of carbonyl (C=O) groups excluding carboxylic acids is 1. The molecule has 130 valence electrons. The van der Waals surface area contributed by atoms with Gasteiger partial charge in [0, 0.05) is 31.8 Å². The third-order valence-corrected chi connectivity index (χ3v) is 5.81. The van der Waals surface area contributed by atoms with Crippen LogP contribution < -0.4 is 0 Å². The van der Waals surface area contributed by atoms with Gasteiger partial charge in [0.1, 0.15) is 0 Å². The second-order valence-corrected chi connectivity index (χ2v) is 7.51. The average Bonchev–Trinajstić information content (AvgIpc) is 3.48. The van der Waals surface area contributed by atoms with Crippen LogP contribution in [-0.4, -0.2) is 45.1 Å². The maximum Gasteiger partial charge on any atom is 0.307 e. The fourth-order valence-electron chi connectivity index (χ4n) is 3.88. The molecule has 1 saturated heterocycles. The van der Waals surface area contributed by atoms with Crippen LogP contribution in [0.4, 0.5) is 0 Å². The smallest absolute Gasteiger partial charge is 0.307 e. The molecule has 2 saturated carbocycles. The van der Waals surface area contributed by atoms with Gasteiger partial charge in [-0.3, -0.25) is 9.59 Å². The lowest BCUT2D eigenvalue weighted by Crippen LogP contribution is -2.39. The molecule has 4 rings (SSSR count). The maximum absolute atomic E-state index is 12.3. The van der Waals surface area contributed by atoms with Crippen LogP contribution in [0.25, 0.3) is 0 Å². The minimum absolute atomic E-state index is 0.0222. The summed E-state index contributed by atoms with van der Waals surface area (Å²) in [5, 5.41) is 13.1. The molecule has 7 nitrogen and oxygen atoms in total. The summed E-state index contributed by atoms with van der Waals surface area (Å²) in [5.74, 6) is 1.22. The number of rotatable bonds is 6. The van der Waals surface area contributed by atoms with Crippen LogP contribution in [0.5, 0.6) is 0 Å². The zero-order chi connectivity index (χ0) is 16.7. The first-order valence-electron chi connectivity index (χ1n) is 8.90. The number of carbonyl (C=O) groups is 2. The molecule has 1 unspecified atom stereocenters. The van der Waals surface area contributed by atoms with Crippen molar-refractivity contribution >= 4 is 11.9 Å². The molecular formula is C17H23N3O4. The van der Waals surface area contributed by atoms with Crippen molar-refractivity contribution in [2.24, 2.45) is 11.3 Å². The maximum atomic E-state index is 12.3. The Morgan fingerprint density at radius 1 is 1.29 bits per heavy atom. The molecule has 24 heavy (non-hydrogen) atoms. The molecule has 1 spiro atoms. The van der Waals surface area contributed by atoms with Gasteiger partial charge < -0.3 is 14.5 Å². The Morgan fingerprint density at radius 3 is 2.67 bits per heavy atom. The van der Waals surface area contributed by atoms with Crippen molar-refractivity contribution in [1.29, 1.82) is 0 Å². The van der Waals surface area contributed by atoms with E-state index in [1.807, 2.05) is 4.90 Å². The van der Waals surface area contributed by atoms with E-state index in [2.05, 4.69) is 10.1 Å². The zero-order valence-electron chi connectivity index (χ0n) is 13.7. The molecule has 1 N–H and O–H groups in total. The van der Waals surface area contributed by atoms with Gasteiger partial charge >= 0.3 is 5.97 Å². The van der Waals surface area contributed by atoms with E-state index in [0.717, 1.165) is 37.9 Å². The number of nitrogens with zero attached hydrogens (tertiary/aromatic N) is 3. The number of carboxylic acids is 1.